The molecule has 1 aromatic carbocycles. The molecule has 2 atom stereocenters. The van der Waals surface area contributed by atoms with Gasteiger partial charge in [0.2, 0.25) is 0 Å². The summed E-state index contributed by atoms with van der Waals surface area (Å²) >= 11 is 0. The lowest BCUT2D eigenvalue weighted by Crippen LogP contribution is -2.40. The standard InChI is InChI=1S/C14H18N2.2ClH/c1-3-10-4-2-6-16-9-11-7-15-8-13(11)12(5-1)14(10)16;;/h1,3,5,11,13,15H,2,4,6-9H2;2*1H/t11-,13-;;/m0../s1. The number of nitrogens with zero attached hydrogens (tertiary/aromatic N) is 1. The molecule has 0 spiro atoms. The van der Waals surface area contributed by atoms with Gasteiger partial charge in [-0.2, -0.15) is 0 Å². The SMILES string of the molecule is Cl.Cl.c1cc2c3c(c1)[C@H]1CNC[C@H]1CN3CCC2. The van der Waals surface area contributed by atoms with E-state index in [9.17, 15) is 0 Å². The molecule has 3 aliphatic heterocycles. The normalized spacial score (nSPS) is 27.7. The maximum atomic E-state index is 3.56. The van der Waals surface area contributed by atoms with E-state index in [-0.39, 0.29) is 24.8 Å². The Morgan fingerprint density at radius 1 is 1.17 bits per heavy atom. The Kier molecular flexibility index (Phi) is 4.10. The molecule has 0 radical (unpaired) electrons. The highest BCUT2D eigenvalue weighted by Crippen LogP contribution is 2.43. The van der Waals surface area contributed by atoms with E-state index < -0.39 is 0 Å². The van der Waals surface area contributed by atoms with Crippen LogP contribution < -0.4 is 10.2 Å². The number of rotatable bonds is 0. The number of aryl methyl sites for hydroxylation is 1. The van der Waals surface area contributed by atoms with E-state index in [2.05, 4.69) is 28.4 Å². The molecule has 4 rings (SSSR count). The second kappa shape index (κ2) is 5.28. The first kappa shape index (κ1) is 14.0. The average molecular weight is 287 g/mol. The molecule has 0 amide bonds. The summed E-state index contributed by atoms with van der Waals surface area (Å²) in [6.07, 6.45) is 2.62. The molecular weight excluding hydrogens is 267 g/mol. The zero-order valence-electron chi connectivity index (χ0n) is 10.4. The van der Waals surface area contributed by atoms with Crippen LogP contribution in [-0.4, -0.2) is 26.2 Å². The first-order valence-corrected chi connectivity index (χ1v) is 6.51. The van der Waals surface area contributed by atoms with E-state index in [4.69, 9.17) is 0 Å². The van der Waals surface area contributed by atoms with Crippen molar-refractivity contribution in [2.45, 2.75) is 18.8 Å². The third-order valence-electron chi connectivity index (χ3n) is 4.54. The highest BCUT2D eigenvalue weighted by atomic mass is 35.5. The third kappa shape index (κ3) is 1.91. The number of fused-ring (bicyclic) bond motifs is 2. The van der Waals surface area contributed by atoms with Crippen molar-refractivity contribution < 1.29 is 0 Å². The van der Waals surface area contributed by atoms with Gasteiger partial charge in [0.1, 0.15) is 0 Å². The summed E-state index contributed by atoms with van der Waals surface area (Å²) in [5.74, 6) is 1.63. The summed E-state index contributed by atoms with van der Waals surface area (Å²) in [5.41, 5.74) is 4.81. The van der Waals surface area contributed by atoms with Crippen LogP contribution in [0.2, 0.25) is 0 Å². The summed E-state index contributed by atoms with van der Waals surface area (Å²) < 4.78 is 0. The van der Waals surface area contributed by atoms with E-state index in [1.54, 1.807) is 16.8 Å². The summed E-state index contributed by atoms with van der Waals surface area (Å²) in [7, 11) is 0. The predicted octanol–water partition coefficient (Wildman–Crippen LogP) is 2.60. The first-order chi connectivity index (χ1) is 7.93. The van der Waals surface area contributed by atoms with E-state index >= 15 is 0 Å². The Bertz CT molecular complexity index is 436. The van der Waals surface area contributed by atoms with Gasteiger partial charge in [0.25, 0.3) is 0 Å². The van der Waals surface area contributed by atoms with E-state index in [0.717, 1.165) is 11.8 Å². The number of anilines is 1. The molecule has 0 aromatic heterocycles. The zero-order valence-corrected chi connectivity index (χ0v) is 12.0. The van der Waals surface area contributed by atoms with Crippen molar-refractivity contribution in [3.05, 3.63) is 29.3 Å². The molecule has 0 saturated carbocycles. The molecule has 100 valence electrons. The Hall–Kier alpha value is -0.440. The number of hydrogen-bond donors (Lipinski definition) is 1. The average Bonchev–Trinajstić information content (AvgIpc) is 2.78. The topological polar surface area (TPSA) is 15.3 Å². The van der Waals surface area contributed by atoms with Gasteiger partial charge in [0, 0.05) is 37.8 Å². The fourth-order valence-electron chi connectivity index (χ4n) is 3.82. The molecular formula is C14H20Cl2N2. The third-order valence-corrected chi connectivity index (χ3v) is 4.54. The van der Waals surface area contributed by atoms with Crippen LogP contribution in [0.25, 0.3) is 0 Å². The van der Waals surface area contributed by atoms with Gasteiger partial charge in [-0.25, -0.2) is 0 Å². The smallest absolute Gasteiger partial charge is 0.0434 e. The van der Waals surface area contributed by atoms with Gasteiger partial charge in [-0.15, -0.1) is 24.8 Å². The summed E-state index contributed by atoms with van der Waals surface area (Å²) in [6.45, 7) is 4.95. The minimum Gasteiger partial charge on any atom is -0.371 e. The molecule has 0 unspecified atom stereocenters. The van der Waals surface area contributed by atoms with Crippen LogP contribution in [0.5, 0.6) is 0 Å². The number of hydrogen-bond acceptors (Lipinski definition) is 2. The highest BCUT2D eigenvalue weighted by Gasteiger charge is 2.38. The van der Waals surface area contributed by atoms with Gasteiger partial charge >= 0.3 is 0 Å². The first-order valence-electron chi connectivity index (χ1n) is 6.51. The molecule has 1 fully saturated rings. The van der Waals surface area contributed by atoms with Crippen LogP contribution in [-0.2, 0) is 6.42 Å². The van der Waals surface area contributed by atoms with Crippen LogP contribution in [0.15, 0.2) is 18.2 Å². The Morgan fingerprint density at radius 3 is 2.94 bits per heavy atom. The van der Waals surface area contributed by atoms with E-state index in [0.29, 0.717) is 0 Å². The van der Waals surface area contributed by atoms with Crippen LogP contribution in [0.1, 0.15) is 23.5 Å². The molecule has 0 aliphatic carbocycles. The van der Waals surface area contributed by atoms with Gasteiger partial charge in [-0.1, -0.05) is 18.2 Å². The monoisotopic (exact) mass is 286 g/mol. The van der Waals surface area contributed by atoms with Gasteiger partial charge < -0.3 is 10.2 Å². The highest BCUT2D eigenvalue weighted by molar-refractivity contribution is 5.85. The van der Waals surface area contributed by atoms with Crippen molar-refractivity contribution in [3.63, 3.8) is 0 Å². The molecule has 18 heavy (non-hydrogen) atoms. The maximum Gasteiger partial charge on any atom is 0.0434 e. The van der Waals surface area contributed by atoms with Crippen molar-refractivity contribution in [2.24, 2.45) is 5.92 Å². The largest absolute Gasteiger partial charge is 0.371 e. The molecule has 1 saturated heterocycles. The van der Waals surface area contributed by atoms with Crippen molar-refractivity contribution in [1.29, 1.82) is 0 Å². The van der Waals surface area contributed by atoms with Gasteiger partial charge in [0.05, 0.1) is 0 Å². The van der Waals surface area contributed by atoms with Crippen molar-refractivity contribution in [1.82, 2.24) is 5.32 Å². The molecule has 3 aliphatic rings. The minimum absolute atomic E-state index is 0. The Morgan fingerprint density at radius 2 is 2.06 bits per heavy atom. The summed E-state index contributed by atoms with van der Waals surface area (Å²) in [5, 5.41) is 3.56. The molecule has 4 heteroatoms. The number of halogens is 2. The van der Waals surface area contributed by atoms with Crippen molar-refractivity contribution in [3.8, 4) is 0 Å². The predicted molar refractivity (Wildman–Crippen MR) is 80.6 cm³/mol. The Labute approximate surface area is 121 Å². The number of nitrogens with one attached hydrogen (secondary N) is 1. The number of benzene rings is 1. The minimum atomic E-state index is 0. The Balaban J connectivity index is 0.000000602. The van der Waals surface area contributed by atoms with Crippen LogP contribution in [0, 0.1) is 5.92 Å². The van der Waals surface area contributed by atoms with E-state index in [1.807, 2.05) is 0 Å². The quantitative estimate of drug-likeness (QED) is 0.789. The zero-order chi connectivity index (χ0) is 10.5. The molecule has 0 bridgehead atoms. The maximum absolute atomic E-state index is 3.56. The van der Waals surface area contributed by atoms with E-state index in [1.165, 1.54) is 39.0 Å². The molecule has 1 aromatic rings. The second-order valence-corrected chi connectivity index (χ2v) is 5.43. The fourth-order valence-corrected chi connectivity index (χ4v) is 3.82. The molecule has 2 nitrogen and oxygen atoms in total. The van der Waals surface area contributed by atoms with Crippen LogP contribution in [0.3, 0.4) is 0 Å². The lowest BCUT2D eigenvalue weighted by molar-refractivity contribution is 0.470. The summed E-state index contributed by atoms with van der Waals surface area (Å²) in [4.78, 5) is 2.64. The lowest BCUT2D eigenvalue weighted by atomic mass is 9.80. The van der Waals surface area contributed by atoms with Crippen molar-refractivity contribution >= 4 is 30.5 Å². The second-order valence-electron chi connectivity index (χ2n) is 5.43. The van der Waals surface area contributed by atoms with Crippen molar-refractivity contribution in [2.75, 3.05) is 31.1 Å². The van der Waals surface area contributed by atoms with Gasteiger partial charge in [0.15, 0.2) is 0 Å². The number of para-hydroxylation sites is 1. The van der Waals surface area contributed by atoms with Gasteiger partial charge in [-0.3, -0.25) is 0 Å². The fraction of sp³-hybridized carbons (Fsp3) is 0.571. The van der Waals surface area contributed by atoms with Crippen LogP contribution >= 0.6 is 24.8 Å². The van der Waals surface area contributed by atoms with Gasteiger partial charge in [-0.05, 0) is 29.9 Å². The lowest BCUT2D eigenvalue weighted by Gasteiger charge is -2.41. The summed E-state index contributed by atoms with van der Waals surface area (Å²) in [6, 6.07) is 6.95. The van der Waals surface area contributed by atoms with Crippen LogP contribution in [0.4, 0.5) is 5.69 Å². The molecule has 1 N–H and O–H groups in total. The molecule has 3 heterocycles.